The topological polar surface area (TPSA) is 113 Å². The molecule has 0 heterocycles. The van der Waals surface area contributed by atoms with E-state index in [4.69, 9.17) is 9.88 Å². The molecule has 1 aromatic carbocycles. The van der Waals surface area contributed by atoms with Gasteiger partial charge < -0.3 is 4.74 Å². The van der Waals surface area contributed by atoms with E-state index in [0.717, 1.165) is 6.07 Å². The van der Waals surface area contributed by atoms with Gasteiger partial charge in [0.15, 0.2) is 5.82 Å². The quantitative estimate of drug-likeness (QED) is 0.424. The summed E-state index contributed by atoms with van der Waals surface area (Å²) in [6.07, 6.45) is 2.28. The lowest BCUT2D eigenvalue weighted by Crippen LogP contribution is -2.16. The molecule has 1 rings (SSSR count). The second kappa shape index (κ2) is 7.89. The third kappa shape index (κ3) is 6.50. The molecule has 0 aromatic heterocycles. The van der Waals surface area contributed by atoms with Gasteiger partial charge in [-0.3, -0.25) is 10.1 Å². The first-order valence-electron chi connectivity index (χ1n) is 6.37. The molecule has 0 unspecified atom stereocenters. The van der Waals surface area contributed by atoms with Gasteiger partial charge in [-0.2, -0.15) is 0 Å². The standard InChI is InChI=1S/C12H17FN2O5S/c13-10-6-5-7-11(15(16)17)12(10)20-8-3-1-2-4-9-21(14,18)19/h5-7H,1-4,8-9H2,(H2,14,18,19). The van der Waals surface area contributed by atoms with Crippen LogP contribution in [0.25, 0.3) is 0 Å². The average Bonchev–Trinajstić information content (AvgIpc) is 2.37. The number of unbranched alkanes of at least 4 members (excludes halogenated alkanes) is 3. The molecule has 0 radical (unpaired) electrons. The highest BCUT2D eigenvalue weighted by molar-refractivity contribution is 7.89. The minimum absolute atomic E-state index is 0.0767. The smallest absolute Gasteiger partial charge is 0.314 e. The maximum atomic E-state index is 13.5. The van der Waals surface area contributed by atoms with Gasteiger partial charge >= 0.3 is 5.69 Å². The first-order chi connectivity index (χ1) is 9.81. The maximum Gasteiger partial charge on any atom is 0.314 e. The van der Waals surface area contributed by atoms with Crippen molar-refractivity contribution in [2.75, 3.05) is 12.4 Å². The van der Waals surface area contributed by atoms with Crippen molar-refractivity contribution in [3.63, 3.8) is 0 Å². The molecule has 0 bridgehead atoms. The molecule has 7 nitrogen and oxygen atoms in total. The Morgan fingerprint density at radius 2 is 1.90 bits per heavy atom. The lowest BCUT2D eigenvalue weighted by atomic mass is 10.2. The minimum Gasteiger partial charge on any atom is -0.485 e. The Morgan fingerprint density at radius 3 is 2.52 bits per heavy atom. The van der Waals surface area contributed by atoms with Crippen molar-refractivity contribution in [2.24, 2.45) is 5.14 Å². The van der Waals surface area contributed by atoms with Gasteiger partial charge in [-0.15, -0.1) is 0 Å². The number of sulfonamides is 1. The van der Waals surface area contributed by atoms with Crippen molar-refractivity contribution in [3.05, 3.63) is 34.1 Å². The van der Waals surface area contributed by atoms with Crippen LogP contribution in [0.2, 0.25) is 0 Å². The molecule has 0 saturated heterocycles. The zero-order valence-electron chi connectivity index (χ0n) is 11.3. The van der Waals surface area contributed by atoms with Crippen molar-refractivity contribution >= 4 is 15.7 Å². The predicted molar refractivity (Wildman–Crippen MR) is 75.0 cm³/mol. The number of halogens is 1. The fourth-order valence-electron chi connectivity index (χ4n) is 1.72. The van der Waals surface area contributed by atoms with Gasteiger partial charge in [-0.25, -0.2) is 17.9 Å². The second-order valence-corrected chi connectivity index (χ2v) is 6.21. The fourth-order valence-corrected chi connectivity index (χ4v) is 2.32. The number of benzene rings is 1. The molecule has 0 aliphatic heterocycles. The van der Waals surface area contributed by atoms with E-state index in [2.05, 4.69) is 0 Å². The van der Waals surface area contributed by atoms with Gasteiger partial charge in [0, 0.05) is 6.07 Å². The van der Waals surface area contributed by atoms with E-state index in [9.17, 15) is 22.9 Å². The molecule has 0 aliphatic rings. The van der Waals surface area contributed by atoms with Gasteiger partial charge in [-0.05, 0) is 18.9 Å². The van der Waals surface area contributed by atoms with E-state index in [1.165, 1.54) is 12.1 Å². The summed E-state index contributed by atoms with van der Waals surface area (Å²) in [6, 6.07) is 3.51. The second-order valence-electron chi connectivity index (χ2n) is 4.47. The van der Waals surface area contributed by atoms with Crippen LogP contribution in [0.1, 0.15) is 25.7 Å². The van der Waals surface area contributed by atoms with Gasteiger partial charge in [0.25, 0.3) is 0 Å². The normalized spacial score (nSPS) is 11.3. The Labute approximate surface area is 122 Å². The SMILES string of the molecule is NS(=O)(=O)CCCCCCOc1c(F)cccc1[N+](=O)[O-]. The third-order valence-corrected chi connectivity index (χ3v) is 3.57. The Morgan fingerprint density at radius 1 is 1.24 bits per heavy atom. The predicted octanol–water partition coefficient (Wildman–Crippen LogP) is 1.96. The number of hydrogen-bond acceptors (Lipinski definition) is 5. The first-order valence-corrected chi connectivity index (χ1v) is 8.09. The summed E-state index contributed by atoms with van der Waals surface area (Å²) in [4.78, 5) is 10.0. The summed E-state index contributed by atoms with van der Waals surface area (Å²) in [5.41, 5.74) is -0.413. The molecular formula is C12H17FN2O5S. The zero-order valence-corrected chi connectivity index (χ0v) is 12.1. The number of primary sulfonamides is 1. The van der Waals surface area contributed by atoms with Gasteiger partial charge in [-0.1, -0.05) is 18.9 Å². The molecule has 1 aromatic rings. The Hall–Kier alpha value is -1.74. The monoisotopic (exact) mass is 320 g/mol. The first kappa shape index (κ1) is 17.3. The number of nitro benzene ring substituents is 1. The number of para-hydroxylation sites is 1. The van der Waals surface area contributed by atoms with Gasteiger partial charge in [0.05, 0.1) is 17.3 Å². The molecule has 2 N–H and O–H groups in total. The van der Waals surface area contributed by atoms with Crippen LogP contribution >= 0.6 is 0 Å². The summed E-state index contributed by atoms with van der Waals surface area (Å²) >= 11 is 0. The number of nitrogens with two attached hydrogens (primary N) is 1. The van der Waals surface area contributed by atoms with Crippen LogP contribution in [-0.4, -0.2) is 25.7 Å². The van der Waals surface area contributed by atoms with Crippen LogP contribution in [0, 0.1) is 15.9 Å². The molecule has 21 heavy (non-hydrogen) atoms. The van der Waals surface area contributed by atoms with Crippen molar-refractivity contribution in [2.45, 2.75) is 25.7 Å². The summed E-state index contributed by atoms with van der Waals surface area (Å²) in [5.74, 6) is -1.22. The summed E-state index contributed by atoms with van der Waals surface area (Å²) in [6.45, 7) is 0.122. The molecular weight excluding hydrogens is 303 g/mol. The molecule has 0 fully saturated rings. The maximum absolute atomic E-state index is 13.5. The highest BCUT2D eigenvalue weighted by Gasteiger charge is 2.18. The molecule has 0 spiro atoms. The highest BCUT2D eigenvalue weighted by Crippen LogP contribution is 2.29. The van der Waals surface area contributed by atoms with E-state index in [1.54, 1.807) is 0 Å². The Bertz CT molecular complexity index is 591. The van der Waals surface area contributed by atoms with Crippen LogP contribution < -0.4 is 9.88 Å². The molecule has 0 aliphatic carbocycles. The lowest BCUT2D eigenvalue weighted by Gasteiger charge is -2.07. The molecule has 118 valence electrons. The molecule has 9 heteroatoms. The average molecular weight is 320 g/mol. The zero-order chi connectivity index (χ0) is 15.9. The van der Waals surface area contributed by atoms with Gasteiger partial charge in [0.2, 0.25) is 15.8 Å². The van der Waals surface area contributed by atoms with Crippen LogP contribution in [0.3, 0.4) is 0 Å². The summed E-state index contributed by atoms with van der Waals surface area (Å²) in [5, 5.41) is 15.6. The Balaban J connectivity index is 2.35. The van der Waals surface area contributed by atoms with Crippen molar-refractivity contribution in [1.82, 2.24) is 0 Å². The fraction of sp³-hybridized carbons (Fsp3) is 0.500. The van der Waals surface area contributed by atoms with Crippen molar-refractivity contribution < 1.29 is 22.5 Å². The van der Waals surface area contributed by atoms with Crippen LogP contribution in [0.15, 0.2) is 18.2 Å². The summed E-state index contributed by atoms with van der Waals surface area (Å²) < 4.78 is 40.0. The highest BCUT2D eigenvalue weighted by atomic mass is 32.2. The van der Waals surface area contributed by atoms with Crippen LogP contribution in [0.5, 0.6) is 5.75 Å². The molecule has 0 atom stereocenters. The number of nitrogens with zero attached hydrogens (tertiary/aromatic N) is 1. The largest absolute Gasteiger partial charge is 0.485 e. The van der Waals surface area contributed by atoms with E-state index in [1.807, 2.05) is 0 Å². The third-order valence-electron chi connectivity index (χ3n) is 2.71. The number of hydrogen-bond donors (Lipinski definition) is 1. The number of rotatable bonds is 9. The lowest BCUT2D eigenvalue weighted by molar-refractivity contribution is -0.386. The molecule has 0 saturated carbocycles. The van der Waals surface area contributed by atoms with E-state index >= 15 is 0 Å². The van der Waals surface area contributed by atoms with Crippen LogP contribution in [0.4, 0.5) is 10.1 Å². The number of nitro groups is 1. The molecule has 0 amide bonds. The Kier molecular flexibility index (Phi) is 6.50. The van der Waals surface area contributed by atoms with E-state index in [0.29, 0.717) is 25.7 Å². The van der Waals surface area contributed by atoms with E-state index < -0.39 is 26.5 Å². The summed E-state index contributed by atoms with van der Waals surface area (Å²) in [7, 11) is -3.44. The van der Waals surface area contributed by atoms with E-state index in [-0.39, 0.29) is 18.1 Å². The van der Waals surface area contributed by atoms with Crippen LogP contribution in [-0.2, 0) is 10.0 Å². The minimum atomic E-state index is -3.44. The van der Waals surface area contributed by atoms with Crippen molar-refractivity contribution in [3.8, 4) is 5.75 Å². The number of ether oxygens (including phenoxy) is 1. The van der Waals surface area contributed by atoms with Crippen molar-refractivity contribution in [1.29, 1.82) is 0 Å². The van der Waals surface area contributed by atoms with Gasteiger partial charge in [0.1, 0.15) is 0 Å².